The topological polar surface area (TPSA) is 142 Å². The third-order valence-corrected chi connectivity index (χ3v) is 11.2. The number of oxime groups is 1. The van der Waals surface area contributed by atoms with Crippen molar-refractivity contribution in [3.63, 3.8) is 0 Å². The molecule has 11 nitrogen and oxygen atoms in total. The van der Waals surface area contributed by atoms with E-state index < -0.39 is 53.7 Å². The molecule has 1 spiro atoms. The Kier molecular flexibility index (Phi) is 11.0. The van der Waals surface area contributed by atoms with Gasteiger partial charge in [0.15, 0.2) is 11.5 Å². The van der Waals surface area contributed by atoms with Crippen molar-refractivity contribution < 1.29 is 48.3 Å². The van der Waals surface area contributed by atoms with Crippen LogP contribution < -0.4 is 0 Å². The Morgan fingerprint density at radius 2 is 1.82 bits per heavy atom. The van der Waals surface area contributed by atoms with E-state index in [1.165, 1.54) is 7.11 Å². The maximum absolute atomic E-state index is 14.1. The Morgan fingerprint density at radius 3 is 2.55 bits per heavy atom. The summed E-state index contributed by atoms with van der Waals surface area (Å²) in [6.45, 7) is 9.77. The van der Waals surface area contributed by atoms with Crippen LogP contribution in [0.15, 0.2) is 82.6 Å². The van der Waals surface area contributed by atoms with E-state index in [4.69, 9.17) is 28.5 Å². The number of nitrogens with zero attached hydrogens (tertiary/aromatic N) is 1. The normalized spacial score (nSPS) is 41.6. The summed E-state index contributed by atoms with van der Waals surface area (Å²) in [5, 5.41) is 27.3. The van der Waals surface area contributed by atoms with E-state index in [1.807, 2.05) is 39.0 Å². The molecule has 0 aromatic heterocycles. The van der Waals surface area contributed by atoms with E-state index in [0.717, 1.165) is 12.0 Å². The fourth-order valence-corrected chi connectivity index (χ4v) is 8.06. The van der Waals surface area contributed by atoms with Gasteiger partial charge in [-0.2, -0.15) is 0 Å². The van der Waals surface area contributed by atoms with Crippen LogP contribution in [0.4, 0.5) is 0 Å². The van der Waals surface area contributed by atoms with Gasteiger partial charge in [-0.1, -0.05) is 79.7 Å². The lowest BCUT2D eigenvalue weighted by Gasteiger charge is -2.49. The molecular formula is C40H51NO10. The van der Waals surface area contributed by atoms with Gasteiger partial charge >= 0.3 is 11.9 Å². The number of hydrogen-bond acceptors (Lipinski definition) is 11. The summed E-state index contributed by atoms with van der Waals surface area (Å²) in [6, 6.07) is 8.99. The zero-order chi connectivity index (χ0) is 36.5. The van der Waals surface area contributed by atoms with Crippen molar-refractivity contribution in [2.75, 3.05) is 13.7 Å². The first-order chi connectivity index (χ1) is 24.3. The zero-order valence-electron chi connectivity index (χ0n) is 30.3. The number of carbonyl (C=O) groups is 2. The highest BCUT2D eigenvalue weighted by molar-refractivity contribution is 6.43. The first-order valence-electron chi connectivity index (χ1n) is 18.0. The van der Waals surface area contributed by atoms with E-state index in [2.05, 4.69) is 12.1 Å². The number of rotatable bonds is 4. The minimum atomic E-state index is -1.84. The molecule has 3 saturated heterocycles. The third kappa shape index (κ3) is 7.50. The summed E-state index contributed by atoms with van der Waals surface area (Å²) < 4.78 is 31.7. The second kappa shape index (κ2) is 15.2. The van der Waals surface area contributed by atoms with Gasteiger partial charge in [0.2, 0.25) is 0 Å². The molecule has 5 aliphatic rings. The largest absolute Gasteiger partial charge is 0.462 e. The van der Waals surface area contributed by atoms with E-state index >= 15 is 0 Å². The lowest BCUT2D eigenvalue weighted by atomic mass is 9.71. The molecule has 2 N–H and O–H groups in total. The Balaban J connectivity index is 1.39. The van der Waals surface area contributed by atoms with Gasteiger partial charge in [0.05, 0.1) is 18.8 Å². The van der Waals surface area contributed by atoms with Gasteiger partial charge in [0.25, 0.3) is 0 Å². The van der Waals surface area contributed by atoms with E-state index in [0.29, 0.717) is 48.3 Å². The molecule has 3 fully saturated rings. The third-order valence-electron chi connectivity index (χ3n) is 11.2. The number of aliphatic hydroxyl groups excluding tert-OH is 1. The van der Waals surface area contributed by atoms with Crippen molar-refractivity contribution in [3.8, 4) is 0 Å². The molecular weight excluding hydrogens is 654 g/mol. The van der Waals surface area contributed by atoms with Gasteiger partial charge in [-0.05, 0) is 56.3 Å². The van der Waals surface area contributed by atoms with Crippen molar-refractivity contribution in [1.82, 2.24) is 0 Å². The van der Waals surface area contributed by atoms with E-state index in [-0.39, 0.29) is 30.4 Å². The van der Waals surface area contributed by atoms with Crippen LogP contribution in [0, 0.1) is 17.8 Å². The molecule has 1 aromatic rings. The first-order valence-corrected chi connectivity index (χ1v) is 18.0. The SMILES string of the molecule is CO/N=C(/C(=O)O[C@H]1/C(C)=C/C[C@@H]2C[C@@H](CC3(CC[C@H](C)[C@@H](C)O3)O2)OC(=O)C2C=C(C)[C@H](O)C3OC/C(=C\C=C\[C@@H]1C)[C@@]23O)c1ccccc1. The van der Waals surface area contributed by atoms with Crippen LogP contribution in [0.3, 0.4) is 0 Å². The molecule has 4 heterocycles. The summed E-state index contributed by atoms with van der Waals surface area (Å²) in [4.78, 5) is 32.8. The smallest absolute Gasteiger partial charge is 0.361 e. The number of hydrogen-bond donors (Lipinski definition) is 2. The number of esters is 2. The van der Waals surface area contributed by atoms with Crippen LogP contribution in [-0.2, 0) is 38.1 Å². The van der Waals surface area contributed by atoms with Crippen LogP contribution in [-0.4, -0.2) is 89.6 Å². The number of benzene rings is 1. The Bertz CT molecular complexity index is 1620. The predicted molar refractivity (Wildman–Crippen MR) is 188 cm³/mol. The number of ether oxygens (including phenoxy) is 5. The first kappa shape index (κ1) is 37.2. The van der Waals surface area contributed by atoms with Crippen molar-refractivity contribution in [2.45, 2.75) is 115 Å². The molecule has 1 aliphatic carbocycles. The standard InChI is InChI=1S/C40H51NO10/c1-23-17-18-39(50-27(23)5)21-31-20-30(51-39)16-15-25(3)35(49-38(44)33(41-46-6)28-12-8-7-9-13-28)24(2)11-10-14-29-22-47-36-34(42)26(4)19-32(37(43)48-31)40(29,36)45/h7-15,19,23-24,27,30-32,34-36,42,45H,16-18,20-22H2,1-6H3/b11-10+,25-15+,29-14+,41-33+/t23-,24-,27+,30+,31-,32?,34-,35+,36?,39?,40+/m0/s1. The summed E-state index contributed by atoms with van der Waals surface area (Å²) in [6.07, 6.45) is 7.89. The molecule has 1 aromatic carbocycles. The average molecular weight is 706 g/mol. The second-order valence-electron chi connectivity index (χ2n) is 14.8. The second-order valence-corrected chi connectivity index (χ2v) is 14.8. The molecule has 6 rings (SSSR count). The zero-order valence-corrected chi connectivity index (χ0v) is 30.3. The molecule has 3 unspecified atom stereocenters. The number of aliphatic hydroxyl groups is 2. The minimum Gasteiger partial charge on any atom is -0.462 e. The molecule has 4 aliphatic heterocycles. The van der Waals surface area contributed by atoms with Crippen LogP contribution in [0.2, 0.25) is 0 Å². The quantitative estimate of drug-likeness (QED) is 0.188. The average Bonchev–Trinajstić information content (AvgIpc) is 3.44. The molecule has 11 heteroatoms. The fraction of sp³-hybridized carbons (Fsp3) is 0.575. The van der Waals surface area contributed by atoms with Crippen LogP contribution in [0.25, 0.3) is 0 Å². The molecule has 2 bridgehead atoms. The predicted octanol–water partition coefficient (Wildman–Crippen LogP) is 5.11. The van der Waals surface area contributed by atoms with Gasteiger partial charge in [-0.25, -0.2) is 4.79 Å². The van der Waals surface area contributed by atoms with E-state index in [9.17, 15) is 19.8 Å². The Hall–Kier alpha value is -3.61. The van der Waals surface area contributed by atoms with E-state index in [1.54, 1.807) is 49.4 Å². The van der Waals surface area contributed by atoms with Crippen LogP contribution in [0.5, 0.6) is 0 Å². The summed E-state index contributed by atoms with van der Waals surface area (Å²) in [7, 11) is 1.38. The van der Waals surface area contributed by atoms with Crippen molar-refractivity contribution in [1.29, 1.82) is 0 Å². The maximum atomic E-state index is 14.1. The van der Waals surface area contributed by atoms with Crippen molar-refractivity contribution >= 4 is 17.7 Å². The molecule has 11 atom stereocenters. The van der Waals surface area contributed by atoms with Crippen molar-refractivity contribution in [2.24, 2.45) is 22.9 Å². The monoisotopic (exact) mass is 705 g/mol. The number of carbonyl (C=O) groups excluding carboxylic acids is 2. The Morgan fingerprint density at radius 1 is 1.06 bits per heavy atom. The van der Waals surface area contributed by atoms with Gasteiger partial charge in [-0.15, -0.1) is 0 Å². The Labute approximate surface area is 299 Å². The molecule has 0 amide bonds. The minimum absolute atomic E-state index is 0.0134. The summed E-state index contributed by atoms with van der Waals surface area (Å²) in [5.41, 5.74) is 0.527. The molecule has 276 valence electrons. The molecule has 51 heavy (non-hydrogen) atoms. The highest BCUT2D eigenvalue weighted by Gasteiger charge is 2.60. The lowest BCUT2D eigenvalue weighted by molar-refractivity contribution is -0.332. The number of allylic oxidation sites excluding steroid dienone is 2. The van der Waals surface area contributed by atoms with Crippen LogP contribution >= 0.6 is 0 Å². The van der Waals surface area contributed by atoms with Gasteiger partial charge in [0, 0.05) is 30.7 Å². The van der Waals surface area contributed by atoms with Crippen LogP contribution in [0.1, 0.15) is 72.3 Å². The summed E-state index contributed by atoms with van der Waals surface area (Å²) in [5.74, 6) is -3.26. The molecule has 0 radical (unpaired) electrons. The molecule has 0 saturated carbocycles. The highest BCUT2D eigenvalue weighted by Crippen LogP contribution is 2.47. The fourth-order valence-electron chi connectivity index (χ4n) is 8.06. The van der Waals surface area contributed by atoms with Gasteiger partial charge in [0.1, 0.15) is 43.0 Å². The van der Waals surface area contributed by atoms with Gasteiger partial charge < -0.3 is 38.7 Å². The highest BCUT2D eigenvalue weighted by atomic mass is 16.7. The lowest BCUT2D eigenvalue weighted by Crippen LogP contribution is -2.58. The van der Waals surface area contributed by atoms with Crippen molar-refractivity contribution in [3.05, 3.63) is 83.0 Å². The van der Waals surface area contributed by atoms with Gasteiger partial charge in [-0.3, -0.25) is 4.79 Å². The summed E-state index contributed by atoms with van der Waals surface area (Å²) >= 11 is 0. The number of fused-ring (bicyclic) bond motifs is 2. The maximum Gasteiger partial charge on any atom is 0.361 e.